The van der Waals surface area contributed by atoms with Gasteiger partial charge in [0, 0.05) is 23.7 Å². The number of nitrogens with one attached hydrogen (secondary N) is 2. The lowest BCUT2D eigenvalue weighted by molar-refractivity contribution is 0.411. The molecule has 0 amide bonds. The Bertz CT molecular complexity index is 986. The minimum Gasteiger partial charge on any atom is -0.496 e. The van der Waals surface area contributed by atoms with Gasteiger partial charge in [-0.05, 0) is 24.1 Å². The topological polar surface area (TPSA) is 84.1 Å². The standard InChI is InChI=1S/C17H18ClN3O3S/c1-24-16-5-3-2-4-13(16)11-25(22,23)21-7-6-12-9-19-15-10-20-17(18)8-14(12)15/h2-5,8-10,19,21H,6-7,11H2,1H3. The first-order chi connectivity index (χ1) is 12.0. The molecule has 25 heavy (non-hydrogen) atoms. The van der Waals surface area contributed by atoms with Crippen molar-refractivity contribution < 1.29 is 13.2 Å². The number of ether oxygens (including phenoxy) is 1. The Morgan fingerprint density at radius 1 is 1.28 bits per heavy atom. The maximum Gasteiger partial charge on any atom is 0.215 e. The average Bonchev–Trinajstić information content (AvgIpc) is 2.97. The Balaban J connectivity index is 1.65. The first-order valence-electron chi connectivity index (χ1n) is 7.69. The summed E-state index contributed by atoms with van der Waals surface area (Å²) in [5, 5.41) is 1.36. The lowest BCUT2D eigenvalue weighted by Gasteiger charge is -2.10. The third kappa shape index (κ3) is 4.31. The number of aromatic amines is 1. The van der Waals surface area contributed by atoms with Crippen LogP contribution < -0.4 is 9.46 Å². The molecule has 0 aliphatic carbocycles. The van der Waals surface area contributed by atoms with E-state index in [1.807, 2.05) is 6.20 Å². The van der Waals surface area contributed by atoms with Gasteiger partial charge < -0.3 is 9.72 Å². The number of aromatic nitrogens is 2. The number of nitrogens with zero attached hydrogens (tertiary/aromatic N) is 1. The van der Waals surface area contributed by atoms with Gasteiger partial charge in [-0.25, -0.2) is 18.1 Å². The number of halogens is 1. The van der Waals surface area contributed by atoms with Crippen molar-refractivity contribution in [2.24, 2.45) is 0 Å². The van der Waals surface area contributed by atoms with Crippen LogP contribution in [0.3, 0.4) is 0 Å². The molecular formula is C17H18ClN3O3S. The van der Waals surface area contributed by atoms with E-state index >= 15 is 0 Å². The number of fused-ring (bicyclic) bond motifs is 1. The fraction of sp³-hybridized carbons (Fsp3) is 0.235. The molecule has 2 heterocycles. The summed E-state index contributed by atoms with van der Waals surface area (Å²) < 4.78 is 32.4. The van der Waals surface area contributed by atoms with Crippen molar-refractivity contribution in [1.29, 1.82) is 0 Å². The van der Waals surface area contributed by atoms with Crippen molar-refractivity contribution in [1.82, 2.24) is 14.7 Å². The van der Waals surface area contributed by atoms with Crippen LogP contribution in [0.2, 0.25) is 5.15 Å². The summed E-state index contributed by atoms with van der Waals surface area (Å²) in [5.41, 5.74) is 2.48. The molecule has 0 aliphatic heterocycles. The lowest BCUT2D eigenvalue weighted by atomic mass is 10.1. The molecule has 0 bridgehead atoms. The van der Waals surface area contributed by atoms with Crippen LogP contribution in [0, 0.1) is 0 Å². The lowest BCUT2D eigenvalue weighted by Crippen LogP contribution is -2.27. The highest BCUT2D eigenvalue weighted by atomic mass is 35.5. The van der Waals surface area contributed by atoms with Gasteiger partial charge in [-0.1, -0.05) is 29.8 Å². The normalized spacial score (nSPS) is 11.8. The summed E-state index contributed by atoms with van der Waals surface area (Å²) in [6, 6.07) is 8.85. The van der Waals surface area contributed by atoms with Crippen LogP contribution in [-0.4, -0.2) is 32.0 Å². The minimum absolute atomic E-state index is 0.124. The smallest absolute Gasteiger partial charge is 0.215 e. The Hall–Kier alpha value is -2.09. The Morgan fingerprint density at radius 2 is 2.08 bits per heavy atom. The number of sulfonamides is 1. The summed E-state index contributed by atoms with van der Waals surface area (Å²) in [6.45, 7) is 0.296. The number of H-pyrrole nitrogens is 1. The van der Waals surface area contributed by atoms with Crippen molar-refractivity contribution in [3.8, 4) is 5.75 Å². The van der Waals surface area contributed by atoms with Gasteiger partial charge in [0.15, 0.2) is 0 Å². The van der Waals surface area contributed by atoms with Gasteiger partial charge >= 0.3 is 0 Å². The Kier molecular flexibility index (Phi) is 5.27. The predicted octanol–water partition coefficient (Wildman–Crippen LogP) is 2.89. The zero-order valence-electron chi connectivity index (χ0n) is 13.6. The highest BCUT2D eigenvalue weighted by molar-refractivity contribution is 7.88. The first-order valence-corrected chi connectivity index (χ1v) is 9.72. The van der Waals surface area contributed by atoms with Gasteiger partial charge in [-0.2, -0.15) is 0 Å². The van der Waals surface area contributed by atoms with E-state index in [4.69, 9.17) is 16.3 Å². The molecule has 1 aromatic carbocycles. The quantitative estimate of drug-likeness (QED) is 0.618. The van der Waals surface area contributed by atoms with Crippen LogP contribution in [0.5, 0.6) is 5.75 Å². The molecule has 0 fully saturated rings. The summed E-state index contributed by atoms with van der Waals surface area (Å²) in [6.07, 6.45) is 4.05. The summed E-state index contributed by atoms with van der Waals surface area (Å²) >= 11 is 5.92. The van der Waals surface area contributed by atoms with E-state index in [0.29, 0.717) is 29.4 Å². The van der Waals surface area contributed by atoms with Crippen LogP contribution in [0.4, 0.5) is 0 Å². The molecule has 0 aliphatic rings. The van der Waals surface area contributed by atoms with Crippen LogP contribution >= 0.6 is 11.6 Å². The molecule has 0 radical (unpaired) electrons. The second kappa shape index (κ2) is 7.43. The molecule has 0 saturated carbocycles. The number of hydrogen-bond acceptors (Lipinski definition) is 4. The highest BCUT2D eigenvalue weighted by Crippen LogP contribution is 2.21. The maximum atomic E-state index is 12.3. The van der Waals surface area contributed by atoms with E-state index in [1.54, 1.807) is 36.5 Å². The Morgan fingerprint density at radius 3 is 2.88 bits per heavy atom. The second-order valence-electron chi connectivity index (χ2n) is 5.58. The molecule has 8 heteroatoms. The molecular weight excluding hydrogens is 362 g/mol. The van der Waals surface area contributed by atoms with Gasteiger partial charge in [-0.15, -0.1) is 0 Å². The predicted molar refractivity (Wildman–Crippen MR) is 98.4 cm³/mol. The second-order valence-corrected chi connectivity index (χ2v) is 7.78. The average molecular weight is 380 g/mol. The third-order valence-corrected chi connectivity index (χ3v) is 5.41. The number of rotatable bonds is 7. The molecule has 0 atom stereocenters. The van der Waals surface area contributed by atoms with Gasteiger partial charge in [0.2, 0.25) is 10.0 Å². The van der Waals surface area contributed by atoms with Crippen molar-refractivity contribution in [3.63, 3.8) is 0 Å². The maximum absolute atomic E-state index is 12.3. The fourth-order valence-electron chi connectivity index (χ4n) is 2.68. The van der Waals surface area contributed by atoms with E-state index in [9.17, 15) is 8.42 Å². The SMILES string of the molecule is COc1ccccc1CS(=O)(=O)NCCc1c[nH]c2cnc(Cl)cc12. The molecule has 0 saturated heterocycles. The van der Waals surface area contributed by atoms with E-state index in [1.165, 1.54) is 7.11 Å². The summed E-state index contributed by atoms with van der Waals surface area (Å²) in [5.74, 6) is 0.437. The zero-order valence-corrected chi connectivity index (χ0v) is 15.2. The monoisotopic (exact) mass is 379 g/mol. The zero-order chi connectivity index (χ0) is 17.9. The van der Waals surface area contributed by atoms with E-state index in [2.05, 4.69) is 14.7 Å². The molecule has 2 N–H and O–H groups in total. The molecule has 3 aromatic rings. The van der Waals surface area contributed by atoms with Crippen LogP contribution in [0.25, 0.3) is 10.9 Å². The Labute approximate surface area is 151 Å². The number of pyridine rings is 1. The van der Waals surface area contributed by atoms with Crippen LogP contribution in [0.15, 0.2) is 42.7 Å². The highest BCUT2D eigenvalue weighted by Gasteiger charge is 2.14. The number of hydrogen-bond donors (Lipinski definition) is 2. The van der Waals surface area contributed by atoms with Gasteiger partial charge in [0.25, 0.3) is 0 Å². The fourth-order valence-corrected chi connectivity index (χ4v) is 4.00. The summed E-state index contributed by atoms with van der Waals surface area (Å²) in [4.78, 5) is 7.12. The van der Waals surface area contributed by atoms with Crippen LogP contribution in [-0.2, 0) is 22.2 Å². The van der Waals surface area contributed by atoms with E-state index in [0.717, 1.165) is 16.5 Å². The molecule has 0 unspecified atom stereocenters. The van der Waals surface area contributed by atoms with Crippen molar-refractivity contribution in [2.45, 2.75) is 12.2 Å². The molecule has 3 rings (SSSR count). The third-order valence-electron chi connectivity index (χ3n) is 3.87. The molecule has 132 valence electrons. The van der Waals surface area contributed by atoms with Gasteiger partial charge in [0.1, 0.15) is 10.9 Å². The van der Waals surface area contributed by atoms with Crippen molar-refractivity contribution in [2.75, 3.05) is 13.7 Å². The van der Waals surface area contributed by atoms with E-state index < -0.39 is 10.0 Å². The van der Waals surface area contributed by atoms with E-state index in [-0.39, 0.29) is 5.75 Å². The molecule has 6 nitrogen and oxygen atoms in total. The minimum atomic E-state index is -3.46. The number of methoxy groups -OCH3 is 1. The van der Waals surface area contributed by atoms with Crippen LogP contribution in [0.1, 0.15) is 11.1 Å². The van der Waals surface area contributed by atoms with Crippen molar-refractivity contribution in [3.05, 3.63) is 59.0 Å². The van der Waals surface area contributed by atoms with Gasteiger partial charge in [0.05, 0.1) is 24.6 Å². The van der Waals surface area contributed by atoms with Crippen molar-refractivity contribution >= 4 is 32.5 Å². The molecule has 0 spiro atoms. The number of benzene rings is 1. The largest absolute Gasteiger partial charge is 0.496 e. The number of para-hydroxylation sites is 1. The van der Waals surface area contributed by atoms with Gasteiger partial charge in [-0.3, -0.25) is 0 Å². The summed E-state index contributed by atoms with van der Waals surface area (Å²) in [7, 11) is -1.94. The molecule has 2 aromatic heterocycles. The first kappa shape index (κ1) is 17.7.